The van der Waals surface area contributed by atoms with Crippen LogP contribution in [0.4, 0.5) is 17.6 Å². The third-order valence-electron chi connectivity index (χ3n) is 3.76. The van der Waals surface area contributed by atoms with E-state index in [2.05, 4.69) is 9.37 Å². The zero-order valence-corrected chi connectivity index (χ0v) is 9.52. The van der Waals surface area contributed by atoms with Crippen molar-refractivity contribution in [2.45, 2.75) is 36.9 Å². The molecule has 3 nitrogen and oxygen atoms in total. The Morgan fingerprint density at radius 3 is 2.29 bits per heavy atom. The summed E-state index contributed by atoms with van der Waals surface area (Å²) < 4.78 is 57.2. The molecule has 2 saturated carbocycles. The summed E-state index contributed by atoms with van der Waals surface area (Å²) in [6.07, 6.45) is 2.13. The molecule has 0 aliphatic heterocycles. The lowest BCUT2D eigenvalue weighted by Gasteiger charge is -2.34. The highest BCUT2D eigenvalue weighted by molar-refractivity contribution is 7.95. The minimum absolute atomic E-state index is 0.117. The second-order valence-corrected chi connectivity index (χ2v) is 5.46. The van der Waals surface area contributed by atoms with Gasteiger partial charge in [0.2, 0.25) is 0 Å². The van der Waals surface area contributed by atoms with Gasteiger partial charge in [-0.15, -0.1) is 0 Å². The average Bonchev–Trinajstić information content (AvgIpc) is 2.87. The summed E-state index contributed by atoms with van der Waals surface area (Å²) in [6.45, 7) is 0. The average molecular weight is 275 g/mol. The number of fused-ring (bicyclic) bond motifs is 2. The lowest BCUT2D eigenvalue weighted by Crippen LogP contribution is -2.46. The van der Waals surface area contributed by atoms with E-state index in [1.165, 1.54) is 0 Å². The van der Waals surface area contributed by atoms with Crippen molar-refractivity contribution in [1.82, 2.24) is 0 Å². The SMILES string of the molecule is [O-]OOSC(F)(F)C(F)(F)C1CC2CCC1C2. The van der Waals surface area contributed by atoms with Crippen molar-refractivity contribution in [3.63, 3.8) is 0 Å². The van der Waals surface area contributed by atoms with Gasteiger partial charge in [-0.25, -0.2) is 0 Å². The van der Waals surface area contributed by atoms with Crippen LogP contribution in [0.3, 0.4) is 0 Å². The Bertz CT molecular complexity index is 289. The Morgan fingerprint density at radius 2 is 1.82 bits per heavy atom. The van der Waals surface area contributed by atoms with Crippen molar-refractivity contribution < 1.29 is 32.2 Å². The molecule has 17 heavy (non-hydrogen) atoms. The Morgan fingerprint density at radius 1 is 1.12 bits per heavy atom. The van der Waals surface area contributed by atoms with Crippen LogP contribution in [0.1, 0.15) is 25.7 Å². The molecular weight excluding hydrogens is 264 g/mol. The molecule has 0 amide bonds. The first kappa shape index (κ1) is 13.4. The van der Waals surface area contributed by atoms with Crippen molar-refractivity contribution in [3.05, 3.63) is 0 Å². The fourth-order valence-electron chi connectivity index (χ4n) is 3.02. The predicted molar refractivity (Wildman–Crippen MR) is 48.6 cm³/mol. The normalized spacial score (nSPS) is 33.4. The molecule has 2 aliphatic rings. The largest absolute Gasteiger partial charge is 0.691 e. The molecule has 0 saturated heterocycles. The maximum absolute atomic E-state index is 13.7. The fourth-order valence-corrected chi connectivity index (χ4v) is 3.39. The minimum atomic E-state index is -4.45. The number of alkyl halides is 4. The third kappa shape index (κ3) is 2.27. The molecular formula is C9H11F4O3S-. The summed E-state index contributed by atoms with van der Waals surface area (Å²) in [4.78, 5) is 0. The van der Waals surface area contributed by atoms with Crippen LogP contribution in [0.5, 0.6) is 0 Å². The molecule has 2 bridgehead atoms. The van der Waals surface area contributed by atoms with Gasteiger partial charge >= 0.3 is 11.2 Å². The van der Waals surface area contributed by atoms with Gasteiger partial charge in [-0.1, -0.05) is 6.42 Å². The van der Waals surface area contributed by atoms with Crippen LogP contribution < -0.4 is 5.26 Å². The molecule has 2 fully saturated rings. The fraction of sp³-hybridized carbons (Fsp3) is 1.00. The van der Waals surface area contributed by atoms with Gasteiger partial charge in [0.25, 0.3) is 0 Å². The maximum atomic E-state index is 13.7. The van der Waals surface area contributed by atoms with E-state index in [1.54, 1.807) is 0 Å². The molecule has 3 atom stereocenters. The third-order valence-corrected chi connectivity index (χ3v) is 4.36. The quantitative estimate of drug-likeness (QED) is 0.334. The Balaban J connectivity index is 2.06. The van der Waals surface area contributed by atoms with Gasteiger partial charge < -0.3 is 5.26 Å². The van der Waals surface area contributed by atoms with E-state index in [1.807, 2.05) is 0 Å². The van der Waals surface area contributed by atoms with Gasteiger partial charge in [-0.3, -0.25) is 5.04 Å². The maximum Gasteiger partial charge on any atom is 0.383 e. The molecule has 0 aromatic heterocycles. The molecule has 0 N–H and O–H groups in total. The highest BCUT2D eigenvalue weighted by Crippen LogP contribution is 2.59. The molecule has 0 spiro atoms. The van der Waals surface area contributed by atoms with Gasteiger partial charge in [0.1, 0.15) is 12.0 Å². The smallest absolute Gasteiger partial charge is 0.383 e. The lowest BCUT2D eigenvalue weighted by molar-refractivity contribution is -0.777. The standard InChI is InChI=1S/C9H12F4O3S/c10-8(11,9(12,13)17-16-15-14)7-4-5-1-2-6(7)3-5/h5-7,14H,1-4H2/p-1. The van der Waals surface area contributed by atoms with Crippen LogP contribution in [-0.2, 0) is 9.37 Å². The van der Waals surface area contributed by atoms with Crippen LogP contribution in [-0.4, -0.2) is 11.2 Å². The number of halogens is 4. The zero-order chi connectivity index (χ0) is 12.7. The first-order valence-corrected chi connectivity index (χ1v) is 6.02. The summed E-state index contributed by atoms with van der Waals surface area (Å²) >= 11 is -0.918. The second kappa shape index (κ2) is 4.56. The highest BCUT2D eigenvalue weighted by atomic mass is 32.2. The van der Waals surface area contributed by atoms with E-state index in [9.17, 15) is 22.8 Å². The summed E-state index contributed by atoms with van der Waals surface area (Å²) in [5.41, 5.74) is 0. The van der Waals surface area contributed by atoms with Crippen LogP contribution in [0.15, 0.2) is 0 Å². The number of hydrogen-bond donors (Lipinski definition) is 0. The summed E-state index contributed by atoms with van der Waals surface area (Å²) in [7, 11) is 0. The summed E-state index contributed by atoms with van der Waals surface area (Å²) in [6, 6.07) is 0. The van der Waals surface area contributed by atoms with Gasteiger partial charge in [-0.2, -0.15) is 21.9 Å². The van der Waals surface area contributed by atoms with Gasteiger partial charge in [0.15, 0.2) is 0 Å². The first-order valence-electron chi connectivity index (χ1n) is 5.28. The Kier molecular flexibility index (Phi) is 3.59. The molecule has 0 radical (unpaired) electrons. The van der Waals surface area contributed by atoms with Crippen LogP contribution in [0.2, 0.25) is 0 Å². The molecule has 8 heteroatoms. The van der Waals surface area contributed by atoms with Crippen molar-refractivity contribution in [3.8, 4) is 0 Å². The van der Waals surface area contributed by atoms with E-state index in [4.69, 9.17) is 0 Å². The highest BCUT2D eigenvalue weighted by Gasteiger charge is 2.66. The van der Waals surface area contributed by atoms with Crippen LogP contribution in [0, 0.1) is 17.8 Å². The van der Waals surface area contributed by atoms with Crippen LogP contribution in [0.25, 0.3) is 0 Å². The number of rotatable bonds is 5. The lowest BCUT2D eigenvalue weighted by atomic mass is 9.84. The molecule has 2 aliphatic carbocycles. The van der Waals surface area contributed by atoms with Crippen LogP contribution >= 0.6 is 12.0 Å². The minimum Gasteiger partial charge on any atom is -0.691 e. The Labute approximate surface area is 99.5 Å². The van der Waals surface area contributed by atoms with Gasteiger partial charge in [0, 0.05) is 5.92 Å². The predicted octanol–water partition coefficient (Wildman–Crippen LogP) is 2.52. The molecule has 3 unspecified atom stereocenters. The van der Waals surface area contributed by atoms with Crippen molar-refractivity contribution >= 4 is 12.0 Å². The summed E-state index contributed by atoms with van der Waals surface area (Å²) in [5.74, 6) is -5.74. The molecule has 0 heterocycles. The van der Waals surface area contributed by atoms with Crippen molar-refractivity contribution in [2.75, 3.05) is 0 Å². The molecule has 0 aromatic carbocycles. The Hall–Kier alpha value is -0.0500. The summed E-state index contributed by atoms with van der Waals surface area (Å²) in [5, 5.41) is 7.68. The number of hydrogen-bond acceptors (Lipinski definition) is 4. The molecule has 2 rings (SSSR count). The van der Waals surface area contributed by atoms with Crippen molar-refractivity contribution in [1.29, 1.82) is 0 Å². The van der Waals surface area contributed by atoms with Gasteiger partial charge in [-0.05, 0) is 31.1 Å². The topological polar surface area (TPSA) is 41.5 Å². The monoisotopic (exact) mass is 275 g/mol. The van der Waals surface area contributed by atoms with E-state index >= 15 is 0 Å². The molecule has 100 valence electrons. The van der Waals surface area contributed by atoms with E-state index in [-0.39, 0.29) is 18.3 Å². The second-order valence-electron chi connectivity index (χ2n) is 4.64. The van der Waals surface area contributed by atoms with E-state index in [0.29, 0.717) is 12.8 Å². The zero-order valence-electron chi connectivity index (χ0n) is 8.71. The molecule has 0 aromatic rings. The van der Waals surface area contributed by atoms with E-state index in [0.717, 1.165) is 6.42 Å². The van der Waals surface area contributed by atoms with E-state index < -0.39 is 29.1 Å². The van der Waals surface area contributed by atoms with Crippen molar-refractivity contribution in [2.24, 2.45) is 17.8 Å². The van der Waals surface area contributed by atoms with Gasteiger partial charge in [0.05, 0.1) is 0 Å². The first-order chi connectivity index (χ1) is 7.88.